The van der Waals surface area contributed by atoms with Crippen LogP contribution in [-0.4, -0.2) is 86.7 Å². The lowest BCUT2D eigenvalue weighted by Crippen LogP contribution is -2.57. The van der Waals surface area contributed by atoms with Crippen LogP contribution >= 0.6 is 0 Å². The van der Waals surface area contributed by atoms with Crippen LogP contribution in [0.5, 0.6) is 5.88 Å². The second kappa shape index (κ2) is 11.9. The Kier molecular flexibility index (Phi) is 7.91. The van der Waals surface area contributed by atoms with Crippen molar-refractivity contribution in [1.82, 2.24) is 34.3 Å². The number of methoxy groups -OCH3 is 1. The lowest BCUT2D eigenvalue weighted by Gasteiger charge is -2.44. The Hall–Kier alpha value is -4.49. The van der Waals surface area contributed by atoms with Gasteiger partial charge in [-0.3, -0.25) is 9.69 Å². The van der Waals surface area contributed by atoms with Crippen LogP contribution < -0.4 is 4.74 Å². The van der Waals surface area contributed by atoms with Crippen LogP contribution in [0.25, 0.3) is 33.2 Å². The Morgan fingerprint density at radius 2 is 1.83 bits per heavy atom. The van der Waals surface area contributed by atoms with Gasteiger partial charge in [-0.25, -0.2) is 15.0 Å². The van der Waals surface area contributed by atoms with Gasteiger partial charge in [-0.2, -0.15) is 13.2 Å². The molecule has 1 N–H and O–H groups in total. The number of halogens is 3. The highest BCUT2D eigenvalue weighted by Gasteiger charge is 2.47. The van der Waals surface area contributed by atoms with Gasteiger partial charge in [0.25, 0.3) is 0 Å². The molecule has 2 aliphatic heterocycles. The van der Waals surface area contributed by atoms with E-state index in [1.165, 1.54) is 19.9 Å². The number of imidazole rings is 2. The molecule has 2 saturated heterocycles. The summed E-state index contributed by atoms with van der Waals surface area (Å²) in [6.45, 7) is 6.59. The van der Waals surface area contributed by atoms with E-state index in [0.717, 1.165) is 35.0 Å². The quantitative estimate of drug-likeness (QED) is 0.243. The molecule has 1 unspecified atom stereocenters. The third kappa shape index (κ3) is 5.71. The van der Waals surface area contributed by atoms with E-state index in [2.05, 4.69) is 19.9 Å². The van der Waals surface area contributed by atoms with Crippen molar-refractivity contribution >= 4 is 27.8 Å². The smallest absolute Gasteiger partial charge is 0.449 e. The van der Waals surface area contributed by atoms with Crippen molar-refractivity contribution in [2.75, 3.05) is 46.5 Å². The van der Waals surface area contributed by atoms with Crippen LogP contribution in [0.3, 0.4) is 0 Å². The molecule has 2 aliphatic rings. The maximum absolute atomic E-state index is 14.6. The second-order valence-electron chi connectivity index (χ2n) is 12.7. The van der Waals surface area contributed by atoms with E-state index in [-0.39, 0.29) is 11.0 Å². The van der Waals surface area contributed by atoms with Crippen molar-refractivity contribution in [3.8, 4) is 17.1 Å². The number of carbonyl (C=O) groups is 1. The summed E-state index contributed by atoms with van der Waals surface area (Å²) >= 11 is 0. The first-order valence-corrected chi connectivity index (χ1v) is 15.7. The number of aromatic nitrogens is 5. The number of nitrogens with one attached hydrogen (secondary N) is 1. The summed E-state index contributed by atoms with van der Waals surface area (Å²) in [6.07, 6.45) is -2.11. The van der Waals surface area contributed by atoms with Crippen molar-refractivity contribution in [1.29, 1.82) is 0 Å². The summed E-state index contributed by atoms with van der Waals surface area (Å²) in [7, 11) is 1.56. The molecule has 0 bridgehead atoms. The maximum Gasteiger partial charge on any atom is 0.449 e. The molecule has 5 heterocycles. The predicted octanol–water partition coefficient (Wildman–Crippen LogP) is 5.66. The molecule has 2 fully saturated rings. The van der Waals surface area contributed by atoms with Gasteiger partial charge in [-0.15, -0.1) is 0 Å². The molecule has 2 atom stereocenters. The molecule has 13 heteroatoms. The zero-order chi connectivity index (χ0) is 32.9. The number of pyridine rings is 1. The minimum atomic E-state index is -4.76. The van der Waals surface area contributed by atoms with Crippen LogP contribution in [0, 0.1) is 5.92 Å². The highest BCUT2D eigenvalue weighted by Crippen LogP contribution is 2.39. The number of H-pyrrole nitrogens is 1. The molecule has 0 radical (unpaired) electrons. The van der Waals surface area contributed by atoms with E-state index < -0.39 is 29.5 Å². The number of para-hydroxylation sites is 3. The third-order valence-electron chi connectivity index (χ3n) is 9.25. The van der Waals surface area contributed by atoms with E-state index in [1.54, 1.807) is 36.4 Å². The normalized spacial score (nSPS) is 19.6. The first-order valence-electron chi connectivity index (χ1n) is 15.7. The minimum absolute atomic E-state index is 0.175. The van der Waals surface area contributed by atoms with Crippen LogP contribution in [0.4, 0.5) is 13.2 Å². The summed E-state index contributed by atoms with van der Waals surface area (Å²) < 4.78 is 55.4. The fourth-order valence-electron chi connectivity index (χ4n) is 6.89. The van der Waals surface area contributed by atoms with Crippen molar-refractivity contribution in [2.24, 2.45) is 5.92 Å². The Bertz CT molecular complexity index is 1930. The van der Waals surface area contributed by atoms with E-state index >= 15 is 0 Å². The number of aromatic amines is 1. The number of ether oxygens (including phenoxy) is 2. The van der Waals surface area contributed by atoms with Gasteiger partial charge in [0.2, 0.25) is 17.6 Å². The summed E-state index contributed by atoms with van der Waals surface area (Å²) in [5, 5.41) is 0.925. The van der Waals surface area contributed by atoms with Gasteiger partial charge in [0.15, 0.2) is 0 Å². The molecule has 3 aromatic heterocycles. The molecule has 0 saturated carbocycles. The van der Waals surface area contributed by atoms with Crippen molar-refractivity contribution in [2.45, 2.75) is 38.0 Å². The van der Waals surface area contributed by atoms with Gasteiger partial charge >= 0.3 is 6.18 Å². The first-order chi connectivity index (χ1) is 22.5. The Morgan fingerprint density at radius 3 is 2.57 bits per heavy atom. The maximum atomic E-state index is 14.6. The fourth-order valence-corrected chi connectivity index (χ4v) is 6.89. The van der Waals surface area contributed by atoms with E-state index in [9.17, 15) is 18.0 Å². The summed E-state index contributed by atoms with van der Waals surface area (Å²) in [5.74, 6) is -0.238. The summed E-state index contributed by atoms with van der Waals surface area (Å²) in [5.41, 5.74) is 0.944. The van der Waals surface area contributed by atoms with Gasteiger partial charge in [0, 0.05) is 38.2 Å². The van der Waals surface area contributed by atoms with Crippen molar-refractivity contribution < 1.29 is 27.4 Å². The number of nitrogens with zero attached hydrogens (tertiary/aromatic N) is 6. The number of amides is 1. The molecule has 10 nitrogen and oxygen atoms in total. The minimum Gasteiger partial charge on any atom is -0.480 e. The lowest BCUT2D eigenvalue weighted by molar-refractivity contribution is -0.154. The average Bonchev–Trinajstić information content (AvgIpc) is 3.84. The molecular formula is C34H36F3N7O3. The van der Waals surface area contributed by atoms with Gasteiger partial charge in [-0.1, -0.05) is 30.3 Å². The number of hydrogen-bond acceptors (Lipinski definition) is 7. The number of carbonyl (C=O) groups excluding carboxylic acids is 1. The molecule has 47 heavy (non-hydrogen) atoms. The largest absolute Gasteiger partial charge is 0.480 e. The van der Waals surface area contributed by atoms with Gasteiger partial charge in [0.05, 0.1) is 47.7 Å². The first kappa shape index (κ1) is 31.1. The monoisotopic (exact) mass is 647 g/mol. The molecule has 0 spiro atoms. The number of benzene rings is 2. The van der Waals surface area contributed by atoms with Crippen LogP contribution in [0.1, 0.15) is 38.0 Å². The molecule has 246 valence electrons. The fraction of sp³-hybridized carbons (Fsp3) is 0.412. The number of rotatable bonds is 7. The number of piperazine rings is 1. The second-order valence-corrected chi connectivity index (χ2v) is 12.7. The Morgan fingerprint density at radius 1 is 1.06 bits per heavy atom. The third-order valence-corrected chi connectivity index (χ3v) is 9.25. The standard InChI is InChI=1S/C34H36F3N7O3/c1-33(2,44-27-11-7-6-10-25(27)41-31(44)34(35,36)37)32(45)43-14-13-42(18-21-12-15-47-20-21)19-28(43)29-38-17-26(39-29)23-16-22-8-4-5-9-24(22)40-30(23)46-3/h4-11,16-17,21,28H,12-15,18-20H2,1-3H3,(H,38,39)/t21?,28-/m0/s1. The molecular weight excluding hydrogens is 611 g/mol. The van der Waals surface area contributed by atoms with E-state index in [0.29, 0.717) is 55.1 Å². The highest BCUT2D eigenvalue weighted by molar-refractivity contribution is 5.88. The zero-order valence-corrected chi connectivity index (χ0v) is 26.4. The van der Waals surface area contributed by atoms with Gasteiger partial charge in [-0.05, 0) is 50.5 Å². The van der Waals surface area contributed by atoms with Crippen LogP contribution in [0.15, 0.2) is 60.8 Å². The average molecular weight is 648 g/mol. The summed E-state index contributed by atoms with van der Waals surface area (Å²) in [6, 6.07) is 15.5. The molecule has 5 aromatic rings. The number of alkyl halides is 3. The number of fused-ring (bicyclic) bond motifs is 2. The van der Waals surface area contributed by atoms with E-state index in [4.69, 9.17) is 14.5 Å². The molecule has 2 aromatic carbocycles. The summed E-state index contributed by atoms with van der Waals surface area (Å²) in [4.78, 5) is 35.3. The Labute approximate surface area is 269 Å². The Balaban J connectivity index is 1.27. The zero-order valence-electron chi connectivity index (χ0n) is 26.4. The SMILES string of the molecule is COc1nc2ccccc2cc1-c1cnc([C@@H]2CN(CC3CCOC3)CCN2C(=O)C(C)(C)n2c(C(F)(F)F)nc3ccccc32)[nH]1. The lowest BCUT2D eigenvalue weighted by atomic mass is 9.98. The number of hydrogen-bond donors (Lipinski definition) is 1. The molecule has 1 amide bonds. The molecule has 0 aliphatic carbocycles. The van der Waals surface area contributed by atoms with Gasteiger partial charge in [0.1, 0.15) is 17.4 Å². The van der Waals surface area contributed by atoms with Gasteiger partial charge < -0.3 is 23.9 Å². The highest BCUT2D eigenvalue weighted by atomic mass is 19.4. The van der Waals surface area contributed by atoms with E-state index in [1.807, 2.05) is 30.3 Å². The van der Waals surface area contributed by atoms with Crippen molar-refractivity contribution in [3.63, 3.8) is 0 Å². The topological polar surface area (TPSA) is 101 Å². The van der Waals surface area contributed by atoms with Crippen molar-refractivity contribution in [3.05, 3.63) is 72.4 Å². The van der Waals surface area contributed by atoms with Crippen LogP contribution in [-0.2, 0) is 21.2 Å². The van der Waals surface area contributed by atoms with Crippen LogP contribution in [0.2, 0.25) is 0 Å². The predicted molar refractivity (Wildman–Crippen MR) is 170 cm³/mol. The molecule has 7 rings (SSSR count).